The van der Waals surface area contributed by atoms with Gasteiger partial charge in [0.15, 0.2) is 12.6 Å². The summed E-state index contributed by atoms with van der Waals surface area (Å²) in [5, 5.41) is 70.6. The molecule has 226 valence electrons. The highest BCUT2D eigenvalue weighted by Crippen LogP contribution is 2.30. The second kappa shape index (κ2) is 16.7. The average Bonchev–Trinajstić information content (AvgIpc) is 2.87. The maximum Gasteiger partial charge on any atom is 0.187 e. The van der Waals surface area contributed by atoms with Crippen molar-refractivity contribution in [1.29, 1.82) is 0 Å². The lowest BCUT2D eigenvalue weighted by atomic mass is 9.93. The molecule has 0 bridgehead atoms. The Kier molecular flexibility index (Phi) is 14.9. The molecule has 0 saturated carbocycles. The molecule has 2 rings (SSSR count). The lowest BCUT2D eigenvalue weighted by molar-refractivity contribution is -0.359. The number of aliphatic hydroxyl groups excluding tert-OH is 7. The van der Waals surface area contributed by atoms with Gasteiger partial charge in [-0.05, 0) is 24.2 Å². The van der Waals surface area contributed by atoms with Gasteiger partial charge in [-0.3, -0.25) is 0 Å². The quantitative estimate of drug-likeness (QED) is 0.140. The first kappa shape index (κ1) is 33.8. The molecule has 6 unspecified atom stereocenters. The Balaban J connectivity index is 1.78. The van der Waals surface area contributed by atoms with Gasteiger partial charge in [-0.1, -0.05) is 66.2 Å². The van der Waals surface area contributed by atoms with Crippen LogP contribution in [0.3, 0.4) is 0 Å². The highest BCUT2D eigenvalue weighted by atomic mass is 16.7. The van der Waals surface area contributed by atoms with Gasteiger partial charge in [-0.2, -0.15) is 0 Å². The zero-order valence-electron chi connectivity index (χ0n) is 23.3. The van der Waals surface area contributed by atoms with E-state index < -0.39 is 74.6 Å². The first-order valence-electron chi connectivity index (χ1n) is 14.2. The van der Waals surface area contributed by atoms with E-state index >= 15 is 0 Å². The molecule has 2 saturated heterocycles. The highest BCUT2D eigenvalue weighted by Gasteiger charge is 2.50. The largest absolute Gasteiger partial charge is 0.394 e. The summed E-state index contributed by atoms with van der Waals surface area (Å²) in [6, 6.07) is 0. The SMILES string of the molecule is CC(C)CCCC(C)CCCC(C)CCO[C@H]1OC(CO)[C@@H](O[C@@H]2OC(CO)[C@@H](O)[C@H](O)C2O)[C@H](O)C1O. The fraction of sp³-hybridized carbons (Fsp3) is 1.00. The maximum absolute atomic E-state index is 10.7. The van der Waals surface area contributed by atoms with E-state index in [0.29, 0.717) is 12.5 Å². The van der Waals surface area contributed by atoms with Crippen LogP contribution in [0.2, 0.25) is 0 Å². The van der Waals surface area contributed by atoms with Crippen LogP contribution >= 0.6 is 0 Å². The van der Waals surface area contributed by atoms with Crippen molar-refractivity contribution in [2.75, 3.05) is 19.8 Å². The fourth-order valence-corrected chi connectivity index (χ4v) is 5.06. The van der Waals surface area contributed by atoms with Crippen LogP contribution in [-0.2, 0) is 18.9 Å². The summed E-state index contributed by atoms with van der Waals surface area (Å²) >= 11 is 0. The van der Waals surface area contributed by atoms with E-state index in [1.54, 1.807) is 0 Å². The van der Waals surface area contributed by atoms with Crippen molar-refractivity contribution in [2.24, 2.45) is 17.8 Å². The van der Waals surface area contributed by atoms with Crippen LogP contribution in [0.5, 0.6) is 0 Å². The van der Waals surface area contributed by atoms with Gasteiger partial charge in [0.1, 0.15) is 48.8 Å². The van der Waals surface area contributed by atoms with Crippen molar-refractivity contribution < 1.29 is 54.7 Å². The smallest absolute Gasteiger partial charge is 0.187 e. The minimum Gasteiger partial charge on any atom is -0.394 e. The Hall–Kier alpha value is -0.440. The first-order chi connectivity index (χ1) is 18.0. The fourth-order valence-electron chi connectivity index (χ4n) is 5.06. The molecule has 2 aliphatic heterocycles. The van der Waals surface area contributed by atoms with Crippen molar-refractivity contribution in [3.05, 3.63) is 0 Å². The van der Waals surface area contributed by atoms with E-state index in [0.717, 1.165) is 31.1 Å². The zero-order valence-corrected chi connectivity index (χ0v) is 23.3. The molecule has 11 nitrogen and oxygen atoms in total. The molecule has 2 heterocycles. The first-order valence-corrected chi connectivity index (χ1v) is 14.2. The number of hydrogen-bond donors (Lipinski definition) is 7. The van der Waals surface area contributed by atoms with E-state index in [9.17, 15) is 35.7 Å². The highest BCUT2D eigenvalue weighted by molar-refractivity contribution is 4.94. The van der Waals surface area contributed by atoms with Crippen molar-refractivity contribution >= 4 is 0 Å². The van der Waals surface area contributed by atoms with Gasteiger partial charge in [0, 0.05) is 0 Å². The second-order valence-electron chi connectivity index (χ2n) is 11.6. The Bertz CT molecular complexity index is 634. The predicted molar refractivity (Wildman–Crippen MR) is 138 cm³/mol. The van der Waals surface area contributed by atoms with E-state index in [4.69, 9.17) is 18.9 Å². The van der Waals surface area contributed by atoms with Crippen LogP contribution in [0, 0.1) is 17.8 Å². The molecule has 7 N–H and O–H groups in total. The van der Waals surface area contributed by atoms with Crippen LogP contribution in [0.15, 0.2) is 0 Å². The van der Waals surface area contributed by atoms with Crippen molar-refractivity contribution in [2.45, 2.75) is 134 Å². The second-order valence-corrected chi connectivity index (χ2v) is 11.6. The Morgan fingerprint density at radius 2 is 1.13 bits per heavy atom. The molecule has 2 aliphatic rings. The van der Waals surface area contributed by atoms with Gasteiger partial charge in [-0.25, -0.2) is 0 Å². The Morgan fingerprint density at radius 3 is 1.71 bits per heavy atom. The summed E-state index contributed by atoms with van der Waals surface area (Å²) in [6.45, 7) is 8.05. The third kappa shape index (κ3) is 9.88. The molecule has 0 aromatic carbocycles. The van der Waals surface area contributed by atoms with Gasteiger partial charge >= 0.3 is 0 Å². The molecule has 0 amide bonds. The number of ether oxygens (including phenoxy) is 4. The summed E-state index contributed by atoms with van der Waals surface area (Å²) in [5.74, 6) is 1.89. The number of hydrogen-bond acceptors (Lipinski definition) is 11. The maximum atomic E-state index is 10.7. The van der Waals surface area contributed by atoms with Crippen molar-refractivity contribution in [1.82, 2.24) is 0 Å². The summed E-state index contributed by atoms with van der Waals surface area (Å²) in [7, 11) is 0. The van der Waals surface area contributed by atoms with E-state index in [1.165, 1.54) is 25.7 Å². The predicted octanol–water partition coefficient (Wildman–Crippen LogP) is 0.286. The van der Waals surface area contributed by atoms with Gasteiger partial charge in [0.05, 0.1) is 19.8 Å². The monoisotopic (exact) mass is 552 g/mol. The minimum atomic E-state index is -1.70. The molecule has 11 heteroatoms. The van der Waals surface area contributed by atoms with Crippen LogP contribution in [0.4, 0.5) is 0 Å². The van der Waals surface area contributed by atoms with E-state index in [1.807, 2.05) is 0 Å². The van der Waals surface area contributed by atoms with Crippen LogP contribution < -0.4 is 0 Å². The molecule has 2 fully saturated rings. The lowest BCUT2D eigenvalue weighted by Crippen LogP contribution is -2.64. The molecule has 38 heavy (non-hydrogen) atoms. The molecule has 12 atom stereocenters. The van der Waals surface area contributed by atoms with Gasteiger partial charge in [-0.15, -0.1) is 0 Å². The molecular formula is C27H52O11. The standard InChI is InChI=1S/C27H52O11/c1-15(2)7-5-8-16(3)9-6-10-17(4)11-12-35-26-24(34)22(32)25(19(14-29)37-26)38-27-23(33)21(31)20(30)18(13-28)36-27/h15-34H,5-14H2,1-4H3/t16?,17?,18?,19?,20-,21+,22-,23?,24?,25-,26+,27+/m1/s1. The zero-order chi connectivity index (χ0) is 28.4. The topological polar surface area (TPSA) is 179 Å². The summed E-state index contributed by atoms with van der Waals surface area (Å²) in [6.07, 6.45) is -6.42. The Morgan fingerprint density at radius 1 is 0.605 bits per heavy atom. The molecule has 0 aromatic heterocycles. The third-order valence-electron chi connectivity index (χ3n) is 7.73. The molecule has 0 spiro atoms. The average molecular weight is 553 g/mol. The normalized spacial score (nSPS) is 37.9. The molecule has 0 aromatic rings. The Labute approximate surface area is 226 Å². The molecule has 0 radical (unpaired) electrons. The molecular weight excluding hydrogens is 500 g/mol. The molecule has 0 aliphatic carbocycles. The third-order valence-corrected chi connectivity index (χ3v) is 7.73. The van der Waals surface area contributed by atoms with Crippen LogP contribution in [-0.4, -0.2) is 117 Å². The number of aliphatic hydroxyl groups is 7. The van der Waals surface area contributed by atoms with Gasteiger partial charge in [0.25, 0.3) is 0 Å². The number of rotatable bonds is 16. The van der Waals surface area contributed by atoms with Crippen LogP contribution in [0.1, 0.15) is 72.6 Å². The van der Waals surface area contributed by atoms with E-state index in [2.05, 4.69) is 27.7 Å². The lowest BCUT2D eigenvalue weighted by Gasteiger charge is -2.46. The minimum absolute atomic E-state index is 0.302. The van der Waals surface area contributed by atoms with Crippen molar-refractivity contribution in [3.63, 3.8) is 0 Å². The summed E-state index contributed by atoms with van der Waals surface area (Å²) < 4.78 is 22.2. The van der Waals surface area contributed by atoms with Crippen LogP contribution in [0.25, 0.3) is 0 Å². The van der Waals surface area contributed by atoms with E-state index in [-0.39, 0.29) is 0 Å². The van der Waals surface area contributed by atoms with Crippen molar-refractivity contribution in [3.8, 4) is 0 Å². The summed E-state index contributed by atoms with van der Waals surface area (Å²) in [4.78, 5) is 0. The summed E-state index contributed by atoms with van der Waals surface area (Å²) in [5.41, 5.74) is 0. The van der Waals surface area contributed by atoms with Gasteiger partial charge in [0.2, 0.25) is 0 Å². The van der Waals surface area contributed by atoms with Gasteiger partial charge < -0.3 is 54.7 Å².